The van der Waals surface area contributed by atoms with Crippen molar-refractivity contribution >= 4 is 5.69 Å². The summed E-state index contributed by atoms with van der Waals surface area (Å²) in [5.41, 5.74) is 0.551. The molecular formula is C12H16FNO. The molecule has 1 saturated carbocycles. The van der Waals surface area contributed by atoms with Crippen molar-refractivity contribution < 1.29 is 9.13 Å². The van der Waals surface area contributed by atoms with Crippen molar-refractivity contribution in [1.29, 1.82) is 0 Å². The van der Waals surface area contributed by atoms with Gasteiger partial charge in [-0.1, -0.05) is 12.1 Å². The molecule has 0 aliphatic heterocycles. The van der Waals surface area contributed by atoms with Gasteiger partial charge < -0.3 is 10.1 Å². The summed E-state index contributed by atoms with van der Waals surface area (Å²) in [6, 6.07) is 6.69. The third-order valence-corrected chi connectivity index (χ3v) is 2.70. The highest BCUT2D eigenvalue weighted by atomic mass is 19.1. The van der Waals surface area contributed by atoms with Crippen LogP contribution in [0.4, 0.5) is 10.1 Å². The van der Waals surface area contributed by atoms with Gasteiger partial charge in [0, 0.05) is 6.54 Å². The number of hydrogen-bond acceptors (Lipinski definition) is 2. The van der Waals surface area contributed by atoms with Crippen LogP contribution >= 0.6 is 0 Å². The summed E-state index contributed by atoms with van der Waals surface area (Å²) in [6.07, 6.45) is 4.09. The van der Waals surface area contributed by atoms with Crippen molar-refractivity contribution in [2.24, 2.45) is 0 Å². The van der Waals surface area contributed by atoms with Crippen molar-refractivity contribution in [3.63, 3.8) is 0 Å². The van der Waals surface area contributed by atoms with Crippen LogP contribution in [0.2, 0.25) is 0 Å². The molecule has 2 nitrogen and oxygen atoms in total. The van der Waals surface area contributed by atoms with E-state index in [4.69, 9.17) is 4.74 Å². The summed E-state index contributed by atoms with van der Waals surface area (Å²) in [6.45, 7) is 1.32. The van der Waals surface area contributed by atoms with E-state index < -0.39 is 0 Å². The number of rotatable bonds is 5. The number of benzene rings is 1. The molecule has 0 radical (unpaired) electrons. The summed E-state index contributed by atoms with van der Waals surface area (Å²) in [7, 11) is 0. The maximum atomic E-state index is 13.1. The van der Waals surface area contributed by atoms with E-state index in [2.05, 4.69) is 5.32 Å². The van der Waals surface area contributed by atoms with Crippen LogP contribution < -0.4 is 5.32 Å². The Morgan fingerprint density at radius 2 is 2.13 bits per heavy atom. The Bertz CT molecular complexity index is 312. The van der Waals surface area contributed by atoms with Gasteiger partial charge in [-0.2, -0.15) is 0 Å². The van der Waals surface area contributed by atoms with Crippen LogP contribution in [0, 0.1) is 5.82 Å². The fraction of sp³-hybridized carbons (Fsp3) is 0.500. The summed E-state index contributed by atoms with van der Waals surface area (Å²) < 4.78 is 18.7. The lowest BCUT2D eigenvalue weighted by Crippen LogP contribution is -2.24. The summed E-state index contributed by atoms with van der Waals surface area (Å²) >= 11 is 0. The monoisotopic (exact) mass is 209 g/mol. The molecule has 0 aromatic heterocycles. The first-order valence-electron chi connectivity index (χ1n) is 5.46. The van der Waals surface area contributed by atoms with Crippen molar-refractivity contribution in [1.82, 2.24) is 0 Å². The first-order chi connectivity index (χ1) is 7.36. The number of ether oxygens (including phenoxy) is 1. The van der Waals surface area contributed by atoms with Crippen LogP contribution in [0.3, 0.4) is 0 Å². The second kappa shape index (κ2) is 5.12. The molecule has 82 valence electrons. The molecule has 2 rings (SSSR count). The topological polar surface area (TPSA) is 21.3 Å². The van der Waals surface area contributed by atoms with Gasteiger partial charge in [0.05, 0.1) is 18.4 Å². The van der Waals surface area contributed by atoms with E-state index in [1.807, 2.05) is 6.07 Å². The van der Waals surface area contributed by atoms with Gasteiger partial charge in [-0.25, -0.2) is 4.39 Å². The highest BCUT2D eigenvalue weighted by Crippen LogP contribution is 2.21. The van der Waals surface area contributed by atoms with Crippen molar-refractivity contribution in [3.05, 3.63) is 30.1 Å². The van der Waals surface area contributed by atoms with Crippen LogP contribution in [-0.2, 0) is 4.74 Å². The van der Waals surface area contributed by atoms with E-state index in [1.165, 1.54) is 25.3 Å². The zero-order valence-electron chi connectivity index (χ0n) is 8.71. The van der Waals surface area contributed by atoms with E-state index >= 15 is 0 Å². The SMILES string of the molecule is Fc1ccccc1NCCOC1CCC1. The maximum Gasteiger partial charge on any atom is 0.146 e. The normalized spacial score (nSPS) is 16.1. The molecule has 0 saturated heterocycles. The summed E-state index contributed by atoms with van der Waals surface area (Å²) in [5.74, 6) is -0.207. The fourth-order valence-electron chi connectivity index (χ4n) is 1.55. The zero-order chi connectivity index (χ0) is 10.5. The Kier molecular flexibility index (Phi) is 3.56. The minimum absolute atomic E-state index is 0.207. The minimum atomic E-state index is -0.207. The predicted octanol–water partition coefficient (Wildman–Crippen LogP) is 2.81. The average molecular weight is 209 g/mol. The Hall–Kier alpha value is -1.09. The van der Waals surface area contributed by atoms with E-state index in [1.54, 1.807) is 12.1 Å². The Labute approximate surface area is 89.4 Å². The molecule has 0 spiro atoms. The van der Waals surface area contributed by atoms with Crippen LogP contribution in [0.25, 0.3) is 0 Å². The Morgan fingerprint density at radius 1 is 1.33 bits per heavy atom. The summed E-state index contributed by atoms with van der Waals surface area (Å²) in [4.78, 5) is 0. The van der Waals surface area contributed by atoms with Gasteiger partial charge in [0.25, 0.3) is 0 Å². The van der Waals surface area contributed by atoms with Gasteiger partial charge in [0.1, 0.15) is 5.82 Å². The molecule has 0 amide bonds. The Balaban J connectivity index is 1.66. The molecule has 1 aliphatic carbocycles. The molecule has 0 heterocycles. The van der Waals surface area contributed by atoms with Crippen LogP contribution in [0.15, 0.2) is 24.3 Å². The highest BCUT2D eigenvalue weighted by Gasteiger charge is 2.17. The van der Waals surface area contributed by atoms with Crippen LogP contribution in [-0.4, -0.2) is 19.3 Å². The number of halogens is 1. The van der Waals surface area contributed by atoms with E-state index in [9.17, 15) is 4.39 Å². The molecule has 0 bridgehead atoms. The molecule has 15 heavy (non-hydrogen) atoms. The third kappa shape index (κ3) is 2.93. The molecular weight excluding hydrogens is 193 g/mol. The smallest absolute Gasteiger partial charge is 0.146 e. The largest absolute Gasteiger partial charge is 0.380 e. The lowest BCUT2D eigenvalue weighted by atomic mass is 9.96. The molecule has 1 fully saturated rings. The molecule has 1 N–H and O–H groups in total. The minimum Gasteiger partial charge on any atom is -0.380 e. The van der Waals surface area contributed by atoms with E-state index in [0.29, 0.717) is 24.9 Å². The van der Waals surface area contributed by atoms with E-state index in [-0.39, 0.29) is 5.82 Å². The van der Waals surface area contributed by atoms with Crippen molar-refractivity contribution in [3.8, 4) is 0 Å². The Morgan fingerprint density at radius 3 is 2.80 bits per heavy atom. The zero-order valence-corrected chi connectivity index (χ0v) is 8.71. The maximum absolute atomic E-state index is 13.1. The molecule has 1 aromatic rings. The first kappa shape index (κ1) is 10.4. The second-order valence-corrected chi connectivity index (χ2v) is 3.83. The average Bonchev–Trinajstić information content (AvgIpc) is 2.17. The number of nitrogens with one attached hydrogen (secondary N) is 1. The van der Waals surface area contributed by atoms with Crippen molar-refractivity contribution in [2.75, 3.05) is 18.5 Å². The third-order valence-electron chi connectivity index (χ3n) is 2.70. The van der Waals surface area contributed by atoms with Gasteiger partial charge in [-0.15, -0.1) is 0 Å². The number of para-hydroxylation sites is 1. The van der Waals surface area contributed by atoms with Crippen LogP contribution in [0.5, 0.6) is 0 Å². The van der Waals surface area contributed by atoms with Gasteiger partial charge >= 0.3 is 0 Å². The second-order valence-electron chi connectivity index (χ2n) is 3.83. The highest BCUT2D eigenvalue weighted by molar-refractivity contribution is 5.44. The fourth-order valence-corrected chi connectivity index (χ4v) is 1.55. The quantitative estimate of drug-likeness (QED) is 0.753. The van der Waals surface area contributed by atoms with Crippen LogP contribution in [0.1, 0.15) is 19.3 Å². The molecule has 1 aliphatic rings. The molecule has 3 heteroatoms. The molecule has 0 unspecified atom stereocenters. The number of hydrogen-bond donors (Lipinski definition) is 1. The lowest BCUT2D eigenvalue weighted by Gasteiger charge is -2.25. The van der Waals surface area contributed by atoms with Gasteiger partial charge in [0.15, 0.2) is 0 Å². The van der Waals surface area contributed by atoms with Gasteiger partial charge in [-0.3, -0.25) is 0 Å². The first-order valence-corrected chi connectivity index (χ1v) is 5.46. The molecule has 1 aromatic carbocycles. The van der Waals surface area contributed by atoms with E-state index in [0.717, 1.165) is 0 Å². The van der Waals surface area contributed by atoms with Crippen molar-refractivity contribution in [2.45, 2.75) is 25.4 Å². The van der Waals surface area contributed by atoms with Gasteiger partial charge in [-0.05, 0) is 31.4 Å². The standard InChI is InChI=1S/C12H16FNO/c13-11-6-1-2-7-12(11)14-8-9-15-10-4-3-5-10/h1-2,6-7,10,14H,3-5,8-9H2. The number of anilines is 1. The predicted molar refractivity (Wildman–Crippen MR) is 58.5 cm³/mol. The lowest BCUT2D eigenvalue weighted by molar-refractivity contribution is 0.00811. The van der Waals surface area contributed by atoms with Gasteiger partial charge in [0.2, 0.25) is 0 Å². The summed E-state index contributed by atoms with van der Waals surface area (Å²) in [5, 5.41) is 3.02. The molecule has 0 atom stereocenters.